The normalized spacial score (nSPS) is 10.8. The predicted molar refractivity (Wildman–Crippen MR) is 88.5 cm³/mol. The Morgan fingerprint density at radius 1 is 0.778 bits per heavy atom. The molecule has 0 aliphatic heterocycles. The summed E-state index contributed by atoms with van der Waals surface area (Å²) in [5.41, 5.74) is 1.24. The number of benzene rings is 1. The van der Waals surface area contributed by atoms with E-state index >= 15 is 0 Å². The molecule has 18 heavy (non-hydrogen) atoms. The minimum Gasteiger partial charge on any atom is -0.143 e. The van der Waals surface area contributed by atoms with E-state index in [0.29, 0.717) is 0 Å². The highest BCUT2D eigenvalue weighted by molar-refractivity contribution is 9.11. The number of thiophene rings is 2. The summed E-state index contributed by atoms with van der Waals surface area (Å²) in [6, 6.07) is 15.0. The topological polar surface area (TPSA) is 0 Å². The summed E-state index contributed by atoms with van der Waals surface area (Å²) in [7, 11) is 0. The first-order valence-corrected chi connectivity index (χ1v) is 8.61. The summed E-state index contributed by atoms with van der Waals surface area (Å²) < 4.78 is 2.19. The molecule has 0 aliphatic carbocycles. The van der Waals surface area contributed by atoms with Crippen molar-refractivity contribution in [2.45, 2.75) is 0 Å². The summed E-state index contributed by atoms with van der Waals surface area (Å²) in [6.45, 7) is 0. The molecular formula is C14H8Br2S2. The maximum atomic E-state index is 3.53. The van der Waals surface area contributed by atoms with E-state index in [4.69, 9.17) is 0 Å². The van der Waals surface area contributed by atoms with Crippen molar-refractivity contribution in [3.05, 3.63) is 56.8 Å². The van der Waals surface area contributed by atoms with Gasteiger partial charge >= 0.3 is 0 Å². The molecule has 3 rings (SSSR count). The molecule has 0 amide bonds. The number of hydrogen-bond donors (Lipinski definition) is 0. The number of rotatable bonds is 2. The third kappa shape index (κ3) is 2.62. The van der Waals surface area contributed by atoms with E-state index in [-0.39, 0.29) is 0 Å². The van der Waals surface area contributed by atoms with Crippen LogP contribution in [-0.4, -0.2) is 0 Å². The average Bonchev–Trinajstić information content (AvgIpc) is 2.99. The Bertz CT molecular complexity index is 649. The molecule has 2 aromatic heterocycles. The van der Waals surface area contributed by atoms with Gasteiger partial charge in [0.25, 0.3) is 0 Å². The van der Waals surface area contributed by atoms with Gasteiger partial charge in [-0.05, 0) is 47.3 Å². The highest BCUT2D eigenvalue weighted by Crippen LogP contribution is 2.38. The van der Waals surface area contributed by atoms with Crippen molar-refractivity contribution in [2.75, 3.05) is 0 Å². The van der Waals surface area contributed by atoms with Gasteiger partial charge in [-0.25, -0.2) is 0 Å². The van der Waals surface area contributed by atoms with Crippen molar-refractivity contribution in [3.63, 3.8) is 0 Å². The molecule has 0 aliphatic rings. The zero-order valence-corrected chi connectivity index (χ0v) is 14.0. The molecule has 1 aromatic carbocycles. The van der Waals surface area contributed by atoms with Gasteiger partial charge in [-0.15, -0.1) is 22.7 Å². The molecule has 4 heteroatoms. The first kappa shape index (κ1) is 12.6. The van der Waals surface area contributed by atoms with E-state index in [1.807, 2.05) is 11.3 Å². The zero-order chi connectivity index (χ0) is 12.5. The molecule has 0 spiro atoms. The Morgan fingerprint density at radius 3 is 2.17 bits per heavy atom. The first-order valence-electron chi connectivity index (χ1n) is 5.32. The van der Waals surface area contributed by atoms with E-state index in [0.717, 1.165) is 8.95 Å². The molecule has 0 N–H and O–H groups in total. The SMILES string of the molecule is Brc1cc(Br)cc(-c2ccc(-c3cccs3)s2)c1. The Morgan fingerprint density at radius 2 is 1.50 bits per heavy atom. The highest BCUT2D eigenvalue weighted by atomic mass is 79.9. The lowest BCUT2D eigenvalue weighted by Gasteiger charge is -2.00. The van der Waals surface area contributed by atoms with Gasteiger partial charge in [0.2, 0.25) is 0 Å². The Hall–Kier alpha value is -0.420. The lowest BCUT2D eigenvalue weighted by atomic mass is 10.2. The van der Waals surface area contributed by atoms with Crippen LogP contribution in [0.5, 0.6) is 0 Å². The molecule has 0 saturated carbocycles. The largest absolute Gasteiger partial charge is 0.143 e. The van der Waals surface area contributed by atoms with Gasteiger partial charge in [0.1, 0.15) is 0 Å². The second-order valence-electron chi connectivity index (χ2n) is 3.80. The molecule has 0 nitrogen and oxygen atoms in total. The zero-order valence-electron chi connectivity index (χ0n) is 9.19. The highest BCUT2D eigenvalue weighted by Gasteiger charge is 2.07. The van der Waals surface area contributed by atoms with Crippen molar-refractivity contribution >= 4 is 54.5 Å². The molecule has 2 heterocycles. The monoisotopic (exact) mass is 398 g/mol. The van der Waals surface area contributed by atoms with Gasteiger partial charge in [0.05, 0.1) is 0 Å². The van der Waals surface area contributed by atoms with Crippen LogP contribution in [0.15, 0.2) is 56.8 Å². The molecule has 0 unspecified atom stereocenters. The Kier molecular flexibility index (Phi) is 3.71. The van der Waals surface area contributed by atoms with Crippen molar-refractivity contribution in [2.24, 2.45) is 0 Å². The van der Waals surface area contributed by atoms with Crippen LogP contribution in [0.4, 0.5) is 0 Å². The van der Waals surface area contributed by atoms with Crippen LogP contribution < -0.4 is 0 Å². The third-order valence-electron chi connectivity index (χ3n) is 2.52. The predicted octanol–water partition coefficient (Wildman–Crippen LogP) is 6.67. The maximum absolute atomic E-state index is 3.53. The lowest BCUT2D eigenvalue weighted by Crippen LogP contribution is -1.73. The van der Waals surface area contributed by atoms with E-state index in [2.05, 4.69) is 79.7 Å². The van der Waals surface area contributed by atoms with Crippen LogP contribution in [0.2, 0.25) is 0 Å². The summed E-state index contributed by atoms with van der Waals surface area (Å²) in [4.78, 5) is 3.96. The maximum Gasteiger partial charge on any atom is 0.0449 e. The molecule has 0 saturated heterocycles. The van der Waals surface area contributed by atoms with Crippen molar-refractivity contribution in [1.29, 1.82) is 0 Å². The summed E-state index contributed by atoms with van der Waals surface area (Å²) in [6.07, 6.45) is 0. The number of hydrogen-bond acceptors (Lipinski definition) is 2. The Labute approximate surface area is 131 Å². The van der Waals surface area contributed by atoms with Gasteiger partial charge in [-0.3, -0.25) is 0 Å². The van der Waals surface area contributed by atoms with Crippen LogP contribution in [0.1, 0.15) is 0 Å². The average molecular weight is 400 g/mol. The van der Waals surface area contributed by atoms with E-state index < -0.39 is 0 Å². The quantitative estimate of drug-likeness (QED) is 0.451. The van der Waals surface area contributed by atoms with Crippen LogP contribution in [0.25, 0.3) is 20.2 Å². The van der Waals surface area contributed by atoms with Crippen molar-refractivity contribution < 1.29 is 0 Å². The van der Waals surface area contributed by atoms with Crippen molar-refractivity contribution in [3.8, 4) is 20.2 Å². The smallest absolute Gasteiger partial charge is 0.0449 e. The first-order chi connectivity index (χ1) is 8.72. The standard InChI is InChI=1S/C14H8Br2S2/c15-10-6-9(7-11(16)8-10)12-3-4-14(18-12)13-2-1-5-17-13/h1-8H. The molecule has 0 bridgehead atoms. The van der Waals surface area contributed by atoms with Crippen LogP contribution in [0, 0.1) is 0 Å². The summed E-state index contributed by atoms with van der Waals surface area (Å²) in [5.74, 6) is 0. The van der Waals surface area contributed by atoms with E-state index in [9.17, 15) is 0 Å². The number of halogens is 2. The van der Waals surface area contributed by atoms with Gasteiger partial charge in [0, 0.05) is 23.6 Å². The fourth-order valence-electron chi connectivity index (χ4n) is 1.74. The minimum atomic E-state index is 1.10. The van der Waals surface area contributed by atoms with E-state index in [1.165, 1.54) is 20.2 Å². The molecule has 0 radical (unpaired) electrons. The second-order valence-corrected chi connectivity index (χ2v) is 7.66. The molecule has 0 atom stereocenters. The Balaban J connectivity index is 2.03. The van der Waals surface area contributed by atoms with Gasteiger partial charge in [-0.1, -0.05) is 37.9 Å². The van der Waals surface area contributed by atoms with Gasteiger partial charge in [0.15, 0.2) is 0 Å². The summed E-state index contributed by atoms with van der Waals surface area (Å²) in [5, 5.41) is 2.12. The second kappa shape index (κ2) is 5.29. The lowest BCUT2D eigenvalue weighted by molar-refractivity contribution is 1.60. The van der Waals surface area contributed by atoms with Gasteiger partial charge in [-0.2, -0.15) is 0 Å². The van der Waals surface area contributed by atoms with Crippen LogP contribution >= 0.6 is 54.5 Å². The molecule has 90 valence electrons. The minimum absolute atomic E-state index is 1.10. The fraction of sp³-hybridized carbons (Fsp3) is 0. The fourth-order valence-corrected chi connectivity index (χ4v) is 4.86. The molecule has 0 fully saturated rings. The molecular weight excluding hydrogens is 392 g/mol. The van der Waals surface area contributed by atoms with Crippen LogP contribution in [-0.2, 0) is 0 Å². The molecule has 3 aromatic rings. The van der Waals surface area contributed by atoms with Crippen molar-refractivity contribution in [1.82, 2.24) is 0 Å². The third-order valence-corrected chi connectivity index (χ3v) is 5.63. The van der Waals surface area contributed by atoms with Crippen LogP contribution in [0.3, 0.4) is 0 Å². The van der Waals surface area contributed by atoms with Gasteiger partial charge < -0.3 is 0 Å². The van der Waals surface area contributed by atoms with E-state index in [1.54, 1.807) is 11.3 Å². The summed E-state index contributed by atoms with van der Waals surface area (Å²) >= 11 is 10.7.